The first-order valence-corrected chi connectivity index (χ1v) is 9.90. The number of methoxy groups -OCH3 is 2. The van der Waals surface area contributed by atoms with Crippen LogP contribution in [0.15, 0.2) is 53.5 Å². The van der Waals surface area contributed by atoms with Gasteiger partial charge in [-0.3, -0.25) is 0 Å². The molecule has 0 spiro atoms. The van der Waals surface area contributed by atoms with Crippen LogP contribution in [-0.4, -0.2) is 34.2 Å². The minimum absolute atomic E-state index is 0.209. The highest BCUT2D eigenvalue weighted by molar-refractivity contribution is 5.68. The first-order valence-electron chi connectivity index (χ1n) is 9.90. The highest BCUT2D eigenvalue weighted by Crippen LogP contribution is 2.49. The molecule has 2 atom stereocenters. The lowest BCUT2D eigenvalue weighted by molar-refractivity contribution is 0.0299. The molecule has 2 unspecified atom stereocenters. The standard InChI is InChI=1S/C24H28O5/c1-16-5-6-20(7-8-27-15-29-16)24(2)12-19-14-28-13-18(19)9-17-10-22(25-3)23(26-4)11-21(17)24/h5-11,19H,12-15H2,1-4H3/b8-7?,16-5+,20-6?. The lowest BCUT2D eigenvalue weighted by atomic mass is 9.69. The predicted molar refractivity (Wildman–Crippen MR) is 112 cm³/mol. The molecule has 0 amide bonds. The molecule has 5 heteroatoms. The van der Waals surface area contributed by atoms with Gasteiger partial charge in [-0.1, -0.05) is 19.1 Å². The molecule has 5 nitrogen and oxygen atoms in total. The maximum Gasteiger partial charge on any atom is 0.229 e. The number of ether oxygens (including phenoxy) is 5. The molecular weight excluding hydrogens is 368 g/mol. The quantitative estimate of drug-likeness (QED) is 0.738. The molecule has 0 bridgehead atoms. The molecule has 2 heterocycles. The van der Waals surface area contributed by atoms with Crippen molar-refractivity contribution in [2.75, 3.05) is 34.2 Å². The zero-order valence-electron chi connectivity index (χ0n) is 17.5. The van der Waals surface area contributed by atoms with Crippen molar-refractivity contribution in [3.05, 3.63) is 64.7 Å². The van der Waals surface area contributed by atoms with Crippen LogP contribution >= 0.6 is 0 Å². The third-order valence-electron chi connectivity index (χ3n) is 6.09. The molecule has 2 aliphatic heterocycles. The van der Waals surface area contributed by atoms with Crippen molar-refractivity contribution in [2.24, 2.45) is 5.92 Å². The summed E-state index contributed by atoms with van der Waals surface area (Å²) in [4.78, 5) is 0. The van der Waals surface area contributed by atoms with Gasteiger partial charge in [0.15, 0.2) is 11.5 Å². The van der Waals surface area contributed by atoms with E-state index in [2.05, 4.69) is 31.2 Å². The Balaban J connectivity index is 1.92. The second-order valence-electron chi connectivity index (χ2n) is 7.89. The second kappa shape index (κ2) is 7.99. The van der Waals surface area contributed by atoms with Gasteiger partial charge in [0.2, 0.25) is 6.79 Å². The normalized spacial score (nSPS) is 27.9. The van der Waals surface area contributed by atoms with Crippen LogP contribution in [0.5, 0.6) is 11.5 Å². The van der Waals surface area contributed by atoms with E-state index in [0.29, 0.717) is 12.5 Å². The number of benzene rings is 1. The summed E-state index contributed by atoms with van der Waals surface area (Å²) in [6, 6.07) is 4.18. The number of hydrogen-bond acceptors (Lipinski definition) is 5. The molecular formula is C24H28O5. The average molecular weight is 396 g/mol. The smallest absolute Gasteiger partial charge is 0.229 e. The summed E-state index contributed by atoms with van der Waals surface area (Å²) in [6.07, 6.45) is 11.1. The Morgan fingerprint density at radius 1 is 1.10 bits per heavy atom. The Bertz CT molecular complexity index is 908. The number of fused-ring (bicyclic) bond motifs is 2. The van der Waals surface area contributed by atoms with E-state index >= 15 is 0 Å². The largest absolute Gasteiger partial charge is 0.493 e. The third-order valence-corrected chi connectivity index (χ3v) is 6.09. The molecule has 1 aliphatic carbocycles. The number of rotatable bonds is 3. The highest BCUT2D eigenvalue weighted by atomic mass is 16.7. The molecule has 1 saturated heterocycles. The average Bonchev–Trinajstić information content (AvgIpc) is 3.14. The van der Waals surface area contributed by atoms with E-state index in [1.165, 1.54) is 11.1 Å². The molecule has 0 radical (unpaired) electrons. The third kappa shape index (κ3) is 3.67. The molecule has 0 saturated carbocycles. The van der Waals surface area contributed by atoms with Crippen LogP contribution in [0.25, 0.3) is 6.08 Å². The number of hydrogen-bond donors (Lipinski definition) is 0. The summed E-state index contributed by atoms with van der Waals surface area (Å²) in [5.41, 5.74) is 4.56. The predicted octanol–water partition coefficient (Wildman–Crippen LogP) is 4.74. The van der Waals surface area contributed by atoms with Crippen LogP contribution in [0.4, 0.5) is 0 Å². The first kappa shape index (κ1) is 19.6. The Labute approximate surface area is 172 Å². The van der Waals surface area contributed by atoms with Crippen LogP contribution in [-0.2, 0) is 19.6 Å². The molecule has 154 valence electrons. The molecule has 1 aromatic carbocycles. The van der Waals surface area contributed by atoms with Gasteiger partial charge in [-0.2, -0.15) is 0 Å². The summed E-state index contributed by atoms with van der Waals surface area (Å²) in [6.45, 7) is 5.85. The molecule has 1 aromatic rings. The van der Waals surface area contributed by atoms with Crippen LogP contribution in [0.3, 0.4) is 0 Å². The van der Waals surface area contributed by atoms with E-state index in [1.54, 1.807) is 20.5 Å². The second-order valence-corrected chi connectivity index (χ2v) is 7.89. The van der Waals surface area contributed by atoms with Gasteiger partial charge in [0, 0.05) is 11.3 Å². The van der Waals surface area contributed by atoms with E-state index in [-0.39, 0.29) is 12.2 Å². The first-order chi connectivity index (χ1) is 14.0. The lowest BCUT2D eigenvalue weighted by Crippen LogP contribution is -2.28. The Kier molecular flexibility index (Phi) is 5.41. The van der Waals surface area contributed by atoms with Gasteiger partial charge in [-0.25, -0.2) is 0 Å². The summed E-state index contributed by atoms with van der Waals surface area (Å²) in [5, 5.41) is 0. The zero-order chi connectivity index (χ0) is 20.4. The van der Waals surface area contributed by atoms with E-state index in [9.17, 15) is 0 Å². The molecule has 3 aliphatic rings. The van der Waals surface area contributed by atoms with E-state index in [4.69, 9.17) is 23.7 Å². The maximum absolute atomic E-state index is 5.81. The van der Waals surface area contributed by atoms with Gasteiger partial charge in [-0.05, 0) is 59.9 Å². The van der Waals surface area contributed by atoms with Gasteiger partial charge in [0.1, 0.15) is 0 Å². The highest BCUT2D eigenvalue weighted by Gasteiger charge is 2.40. The van der Waals surface area contributed by atoms with Crippen molar-refractivity contribution in [1.82, 2.24) is 0 Å². The van der Waals surface area contributed by atoms with Gasteiger partial charge >= 0.3 is 0 Å². The summed E-state index contributed by atoms with van der Waals surface area (Å²) < 4.78 is 28.1. The topological polar surface area (TPSA) is 46.2 Å². The Hall–Kier alpha value is -2.66. The maximum atomic E-state index is 5.81. The van der Waals surface area contributed by atoms with Crippen LogP contribution in [0.2, 0.25) is 0 Å². The summed E-state index contributed by atoms with van der Waals surface area (Å²) >= 11 is 0. The van der Waals surface area contributed by atoms with Crippen molar-refractivity contribution in [3.63, 3.8) is 0 Å². The van der Waals surface area contributed by atoms with Crippen LogP contribution in [0, 0.1) is 5.92 Å². The Morgan fingerprint density at radius 2 is 1.90 bits per heavy atom. The SMILES string of the molecule is COc1cc2c(cc1OC)C(C)(C1=C/C=C(\C)OCOC=C1)CC1COCC1=C2. The van der Waals surface area contributed by atoms with Crippen molar-refractivity contribution < 1.29 is 23.7 Å². The van der Waals surface area contributed by atoms with Gasteiger partial charge in [0.05, 0.1) is 39.5 Å². The van der Waals surface area contributed by atoms with E-state index < -0.39 is 0 Å². The van der Waals surface area contributed by atoms with Crippen molar-refractivity contribution in [1.29, 1.82) is 0 Å². The van der Waals surface area contributed by atoms with Gasteiger partial charge in [-0.15, -0.1) is 0 Å². The van der Waals surface area contributed by atoms with E-state index in [1.807, 2.05) is 19.1 Å². The minimum atomic E-state index is -0.271. The molecule has 0 aromatic heterocycles. The van der Waals surface area contributed by atoms with E-state index in [0.717, 1.165) is 41.4 Å². The van der Waals surface area contributed by atoms with Crippen molar-refractivity contribution >= 4 is 6.08 Å². The zero-order valence-corrected chi connectivity index (χ0v) is 17.5. The molecule has 29 heavy (non-hydrogen) atoms. The number of allylic oxidation sites excluding steroid dienone is 5. The summed E-state index contributed by atoms with van der Waals surface area (Å²) in [7, 11) is 3.35. The van der Waals surface area contributed by atoms with Crippen molar-refractivity contribution in [3.8, 4) is 11.5 Å². The fourth-order valence-corrected chi connectivity index (χ4v) is 4.43. The van der Waals surface area contributed by atoms with Crippen LogP contribution < -0.4 is 9.47 Å². The molecule has 4 rings (SSSR count). The van der Waals surface area contributed by atoms with Gasteiger partial charge < -0.3 is 23.7 Å². The fraction of sp³-hybridized carbons (Fsp3) is 0.417. The van der Waals surface area contributed by atoms with Gasteiger partial charge in [0.25, 0.3) is 0 Å². The van der Waals surface area contributed by atoms with Crippen LogP contribution in [0.1, 0.15) is 31.4 Å². The monoisotopic (exact) mass is 396 g/mol. The van der Waals surface area contributed by atoms with Crippen molar-refractivity contribution in [2.45, 2.75) is 25.7 Å². The lowest BCUT2D eigenvalue weighted by Gasteiger charge is -2.34. The summed E-state index contributed by atoms with van der Waals surface area (Å²) in [5.74, 6) is 2.65. The minimum Gasteiger partial charge on any atom is -0.493 e. The fourth-order valence-electron chi connectivity index (χ4n) is 4.43. The molecule has 0 N–H and O–H groups in total. The Morgan fingerprint density at radius 3 is 2.69 bits per heavy atom. The molecule has 1 fully saturated rings.